The third-order valence-electron chi connectivity index (χ3n) is 7.76. The molecule has 45 heavy (non-hydrogen) atoms. The molecular formula is C33H33ClN6O5. The standard InChI is InChI=1S/C33H33ClN6O5/c1-2-30(41)40-15-7-11-31(40)45-33(42)39-27-17-24-26(18-29(27)44-23-9-3-4-10-23)36-20-37-32(24)38-21-12-13-28(25(34)16-21)43-19-22-8-5-6-14-35-22/h2,5-6,8,12-14,16-18,20,23,31H,1,3-4,7,9-11,15,19H2,(H,39,42)(H,36,37,38)/t31-/m0/s1. The van der Waals surface area contributed by atoms with Gasteiger partial charge in [-0.15, -0.1) is 0 Å². The summed E-state index contributed by atoms with van der Waals surface area (Å²) in [5, 5.41) is 7.20. The van der Waals surface area contributed by atoms with Crippen LogP contribution in [0.5, 0.6) is 11.5 Å². The third kappa shape index (κ3) is 7.26. The molecule has 0 bridgehead atoms. The first-order valence-corrected chi connectivity index (χ1v) is 15.3. The molecule has 2 fully saturated rings. The first kappa shape index (κ1) is 30.1. The van der Waals surface area contributed by atoms with E-state index in [-0.39, 0.29) is 18.6 Å². The Kier molecular flexibility index (Phi) is 9.25. The minimum absolute atomic E-state index is 0.0366. The maximum Gasteiger partial charge on any atom is 0.413 e. The molecule has 1 saturated heterocycles. The average Bonchev–Trinajstić information content (AvgIpc) is 3.74. The zero-order valence-electron chi connectivity index (χ0n) is 24.6. The fourth-order valence-corrected chi connectivity index (χ4v) is 5.76. The van der Waals surface area contributed by atoms with Gasteiger partial charge in [0, 0.05) is 36.3 Å². The molecule has 0 radical (unpaired) electrons. The highest BCUT2D eigenvalue weighted by Crippen LogP contribution is 2.37. The van der Waals surface area contributed by atoms with Crippen molar-refractivity contribution in [3.63, 3.8) is 0 Å². The number of carbonyl (C=O) groups is 2. The van der Waals surface area contributed by atoms with E-state index in [1.54, 1.807) is 30.5 Å². The van der Waals surface area contributed by atoms with E-state index in [1.807, 2.05) is 24.3 Å². The molecule has 1 saturated carbocycles. The van der Waals surface area contributed by atoms with Crippen LogP contribution in [0, 0.1) is 0 Å². The van der Waals surface area contributed by atoms with E-state index in [1.165, 1.54) is 17.3 Å². The van der Waals surface area contributed by atoms with Crippen LogP contribution >= 0.6 is 11.6 Å². The average molecular weight is 629 g/mol. The molecule has 232 valence electrons. The molecule has 1 atom stereocenters. The lowest BCUT2D eigenvalue weighted by Crippen LogP contribution is -2.38. The number of carbonyl (C=O) groups excluding carboxylic acids is 2. The van der Waals surface area contributed by atoms with Gasteiger partial charge in [0.15, 0.2) is 6.23 Å². The number of nitrogens with one attached hydrogen (secondary N) is 2. The van der Waals surface area contributed by atoms with Crippen molar-refractivity contribution in [2.75, 3.05) is 17.2 Å². The minimum atomic E-state index is -0.696. The second-order valence-corrected chi connectivity index (χ2v) is 11.3. The van der Waals surface area contributed by atoms with Gasteiger partial charge in [0.05, 0.1) is 28.0 Å². The number of hydrogen-bond donors (Lipinski definition) is 2. The van der Waals surface area contributed by atoms with E-state index in [0.717, 1.165) is 37.8 Å². The Labute approximate surface area is 265 Å². The molecule has 6 rings (SSSR count). The van der Waals surface area contributed by atoms with Crippen LogP contribution in [-0.2, 0) is 16.1 Å². The van der Waals surface area contributed by atoms with Crippen molar-refractivity contribution in [1.29, 1.82) is 0 Å². The molecule has 2 N–H and O–H groups in total. The van der Waals surface area contributed by atoms with Gasteiger partial charge in [-0.1, -0.05) is 24.2 Å². The number of amides is 2. The summed E-state index contributed by atoms with van der Waals surface area (Å²) in [6.07, 6.45) is 8.39. The molecule has 0 unspecified atom stereocenters. The zero-order chi connectivity index (χ0) is 31.2. The lowest BCUT2D eigenvalue weighted by Gasteiger charge is -2.24. The predicted octanol–water partition coefficient (Wildman–Crippen LogP) is 7.01. The Morgan fingerprint density at radius 3 is 2.67 bits per heavy atom. The Hall–Kier alpha value is -4.90. The fraction of sp³-hybridized carbons (Fsp3) is 0.303. The lowest BCUT2D eigenvalue weighted by molar-refractivity contribution is -0.132. The fourth-order valence-electron chi connectivity index (χ4n) is 5.52. The predicted molar refractivity (Wildman–Crippen MR) is 171 cm³/mol. The maximum absolute atomic E-state index is 13.1. The van der Waals surface area contributed by atoms with Crippen molar-refractivity contribution in [2.24, 2.45) is 0 Å². The maximum atomic E-state index is 13.1. The molecule has 2 aromatic carbocycles. The van der Waals surface area contributed by atoms with Crippen molar-refractivity contribution in [1.82, 2.24) is 19.9 Å². The molecule has 2 amide bonds. The lowest BCUT2D eigenvalue weighted by atomic mass is 10.1. The van der Waals surface area contributed by atoms with Gasteiger partial charge in [-0.05, 0) is 74.6 Å². The number of ether oxygens (including phenoxy) is 3. The van der Waals surface area contributed by atoms with Gasteiger partial charge < -0.3 is 24.4 Å². The van der Waals surface area contributed by atoms with Crippen molar-refractivity contribution >= 4 is 51.7 Å². The van der Waals surface area contributed by atoms with Crippen LogP contribution in [0.15, 0.2) is 73.7 Å². The summed E-state index contributed by atoms with van der Waals surface area (Å²) in [6, 6.07) is 14.5. The van der Waals surface area contributed by atoms with Gasteiger partial charge in [0.25, 0.3) is 0 Å². The summed E-state index contributed by atoms with van der Waals surface area (Å²) < 4.78 is 17.9. The second-order valence-electron chi connectivity index (χ2n) is 10.9. The topological polar surface area (TPSA) is 128 Å². The van der Waals surface area contributed by atoms with Gasteiger partial charge in [0.2, 0.25) is 5.91 Å². The smallest absolute Gasteiger partial charge is 0.413 e. The molecule has 1 aliphatic carbocycles. The highest BCUT2D eigenvalue weighted by atomic mass is 35.5. The SMILES string of the molecule is C=CC(=O)N1CCC[C@@H]1OC(=O)Nc1cc2c(Nc3ccc(OCc4ccccn4)c(Cl)c3)ncnc2cc1OC1CCCC1. The van der Waals surface area contributed by atoms with Gasteiger partial charge >= 0.3 is 6.09 Å². The Morgan fingerprint density at radius 2 is 1.89 bits per heavy atom. The van der Waals surface area contributed by atoms with Crippen molar-refractivity contribution in [3.8, 4) is 11.5 Å². The van der Waals surface area contributed by atoms with E-state index in [4.69, 9.17) is 25.8 Å². The largest absolute Gasteiger partial charge is 0.488 e. The van der Waals surface area contributed by atoms with E-state index in [9.17, 15) is 9.59 Å². The zero-order valence-corrected chi connectivity index (χ0v) is 25.3. The van der Waals surface area contributed by atoms with E-state index in [2.05, 4.69) is 32.2 Å². The monoisotopic (exact) mass is 628 g/mol. The molecule has 12 heteroatoms. The summed E-state index contributed by atoms with van der Waals surface area (Å²) in [4.78, 5) is 40.0. The normalized spacial score (nSPS) is 16.4. The molecule has 2 aliphatic rings. The van der Waals surface area contributed by atoms with Crippen molar-refractivity contribution in [3.05, 3.63) is 84.4 Å². The van der Waals surface area contributed by atoms with Crippen LogP contribution < -0.4 is 20.1 Å². The Morgan fingerprint density at radius 1 is 1.02 bits per heavy atom. The molecule has 4 aromatic rings. The molecule has 2 aromatic heterocycles. The van der Waals surface area contributed by atoms with Crippen LogP contribution in [0.4, 0.5) is 22.0 Å². The minimum Gasteiger partial charge on any atom is -0.488 e. The highest BCUT2D eigenvalue weighted by molar-refractivity contribution is 6.32. The third-order valence-corrected chi connectivity index (χ3v) is 8.06. The van der Waals surface area contributed by atoms with Crippen LogP contribution in [0.1, 0.15) is 44.2 Å². The number of hydrogen-bond acceptors (Lipinski definition) is 9. The Bertz CT molecular complexity index is 1700. The number of fused-ring (bicyclic) bond motifs is 1. The molecular weight excluding hydrogens is 596 g/mol. The summed E-state index contributed by atoms with van der Waals surface area (Å²) in [7, 11) is 0. The number of aromatic nitrogens is 3. The number of rotatable bonds is 10. The van der Waals surface area contributed by atoms with Gasteiger partial charge in [-0.3, -0.25) is 15.1 Å². The number of nitrogens with zero attached hydrogens (tertiary/aromatic N) is 4. The van der Waals surface area contributed by atoms with E-state index < -0.39 is 12.3 Å². The highest BCUT2D eigenvalue weighted by Gasteiger charge is 2.31. The van der Waals surface area contributed by atoms with Crippen LogP contribution in [0.3, 0.4) is 0 Å². The number of pyridine rings is 1. The number of benzene rings is 2. The van der Waals surface area contributed by atoms with Gasteiger partial charge in [0.1, 0.15) is 30.3 Å². The van der Waals surface area contributed by atoms with E-state index in [0.29, 0.717) is 57.6 Å². The van der Waals surface area contributed by atoms with Gasteiger partial charge in [-0.25, -0.2) is 14.8 Å². The van der Waals surface area contributed by atoms with E-state index >= 15 is 0 Å². The Balaban J connectivity index is 1.24. The quantitative estimate of drug-likeness (QED) is 0.178. The first-order valence-electron chi connectivity index (χ1n) is 14.9. The molecule has 3 heterocycles. The molecule has 0 spiro atoms. The van der Waals surface area contributed by atoms with Crippen LogP contribution in [0.2, 0.25) is 5.02 Å². The van der Waals surface area contributed by atoms with Crippen LogP contribution in [0.25, 0.3) is 10.9 Å². The van der Waals surface area contributed by atoms with Crippen molar-refractivity contribution in [2.45, 2.75) is 57.5 Å². The van der Waals surface area contributed by atoms with Gasteiger partial charge in [-0.2, -0.15) is 0 Å². The second kappa shape index (κ2) is 13.8. The summed E-state index contributed by atoms with van der Waals surface area (Å²) in [6.45, 7) is 4.34. The molecule has 11 nitrogen and oxygen atoms in total. The summed E-state index contributed by atoms with van der Waals surface area (Å²) >= 11 is 6.55. The number of likely N-dealkylation sites (tertiary alicyclic amines) is 1. The van der Waals surface area contributed by atoms with Crippen molar-refractivity contribution < 1.29 is 23.8 Å². The molecule has 1 aliphatic heterocycles. The number of anilines is 3. The number of halogens is 1. The summed E-state index contributed by atoms with van der Waals surface area (Å²) in [5.74, 6) is 1.23. The summed E-state index contributed by atoms with van der Waals surface area (Å²) in [5.41, 5.74) is 2.50. The van der Waals surface area contributed by atoms with Crippen LogP contribution in [-0.4, -0.2) is 50.7 Å². The first-order chi connectivity index (χ1) is 22.0.